The Balaban J connectivity index is 0.000000293. The Labute approximate surface area is 84.8 Å². The van der Waals surface area contributed by atoms with Crippen molar-refractivity contribution in [2.45, 2.75) is 33.6 Å². The van der Waals surface area contributed by atoms with Gasteiger partial charge in [-0.1, -0.05) is 27.2 Å². The van der Waals surface area contributed by atoms with Crippen LogP contribution in [0.5, 0.6) is 0 Å². The van der Waals surface area contributed by atoms with E-state index in [9.17, 15) is 0 Å². The summed E-state index contributed by atoms with van der Waals surface area (Å²) in [4.78, 5) is 4.21. The van der Waals surface area contributed by atoms with Crippen molar-refractivity contribution in [1.29, 1.82) is 0 Å². The molecule has 2 rings (SSSR count). The van der Waals surface area contributed by atoms with Crippen LogP contribution in [0.4, 0.5) is 0 Å². The molecule has 0 bridgehead atoms. The van der Waals surface area contributed by atoms with Gasteiger partial charge in [-0.3, -0.25) is 0 Å². The predicted molar refractivity (Wildman–Crippen MR) is 58.3 cm³/mol. The monoisotopic (exact) mass is 191 g/mol. The fourth-order valence-corrected chi connectivity index (χ4v) is 1.13. The number of aromatic nitrogens is 3. The highest BCUT2D eigenvalue weighted by Gasteiger charge is 1.99. The molecule has 14 heavy (non-hydrogen) atoms. The van der Waals surface area contributed by atoms with E-state index in [1.807, 2.05) is 18.5 Å². The van der Waals surface area contributed by atoms with Crippen LogP contribution < -0.4 is 0 Å². The predicted octanol–water partition coefficient (Wildman–Crippen LogP) is 2.71. The van der Waals surface area contributed by atoms with Crippen LogP contribution in [0.25, 0.3) is 5.65 Å². The molecule has 0 spiro atoms. The SMILES string of the molecule is CCC.CCc1cnn2cccnc12. The second kappa shape index (κ2) is 5.37. The lowest BCUT2D eigenvalue weighted by molar-refractivity contribution is 0.939. The first-order valence-corrected chi connectivity index (χ1v) is 5.10. The van der Waals surface area contributed by atoms with Crippen LogP contribution >= 0.6 is 0 Å². The number of hydrogen-bond donors (Lipinski definition) is 0. The van der Waals surface area contributed by atoms with E-state index in [-0.39, 0.29) is 0 Å². The lowest BCUT2D eigenvalue weighted by atomic mass is 10.3. The quantitative estimate of drug-likeness (QED) is 0.693. The third-order valence-corrected chi connectivity index (χ3v) is 1.73. The number of nitrogens with zero attached hydrogens (tertiary/aromatic N) is 3. The van der Waals surface area contributed by atoms with Crippen molar-refractivity contribution in [1.82, 2.24) is 14.6 Å². The third kappa shape index (κ3) is 2.31. The summed E-state index contributed by atoms with van der Waals surface area (Å²) in [6.45, 7) is 6.35. The van der Waals surface area contributed by atoms with E-state index >= 15 is 0 Å². The Morgan fingerprint density at radius 1 is 1.29 bits per heavy atom. The minimum absolute atomic E-state index is 0.968. The van der Waals surface area contributed by atoms with Gasteiger partial charge in [0.15, 0.2) is 5.65 Å². The molecular weight excluding hydrogens is 174 g/mol. The minimum atomic E-state index is 0.968. The minimum Gasteiger partial charge on any atom is -0.237 e. The van der Waals surface area contributed by atoms with Gasteiger partial charge < -0.3 is 0 Å². The normalized spacial score (nSPS) is 9.64. The molecule has 0 amide bonds. The lowest BCUT2D eigenvalue weighted by Crippen LogP contribution is -1.88. The fourth-order valence-electron chi connectivity index (χ4n) is 1.13. The molecule has 0 saturated carbocycles. The van der Waals surface area contributed by atoms with Crippen molar-refractivity contribution in [2.75, 3.05) is 0 Å². The number of rotatable bonds is 1. The number of fused-ring (bicyclic) bond motifs is 1. The first-order valence-electron chi connectivity index (χ1n) is 5.10. The van der Waals surface area contributed by atoms with Gasteiger partial charge in [-0.2, -0.15) is 5.10 Å². The first-order chi connectivity index (χ1) is 6.83. The smallest absolute Gasteiger partial charge is 0.158 e. The van der Waals surface area contributed by atoms with E-state index in [0.717, 1.165) is 12.1 Å². The summed E-state index contributed by atoms with van der Waals surface area (Å²) in [5, 5.41) is 4.14. The topological polar surface area (TPSA) is 30.2 Å². The molecule has 3 heteroatoms. The molecular formula is C11H17N3. The maximum Gasteiger partial charge on any atom is 0.158 e. The van der Waals surface area contributed by atoms with Gasteiger partial charge in [0.2, 0.25) is 0 Å². The van der Waals surface area contributed by atoms with Crippen LogP contribution in [0.15, 0.2) is 24.7 Å². The van der Waals surface area contributed by atoms with Crippen molar-refractivity contribution in [3.8, 4) is 0 Å². The molecule has 76 valence electrons. The standard InChI is InChI=1S/C8H9N3.C3H8/c1-2-7-6-10-11-5-3-4-9-8(7)11;1-3-2/h3-6H,2H2,1H3;3H2,1-2H3. The molecule has 2 aromatic rings. The van der Waals surface area contributed by atoms with Crippen LogP contribution in [0.3, 0.4) is 0 Å². The molecule has 0 saturated heterocycles. The zero-order chi connectivity index (χ0) is 10.4. The molecule has 2 heterocycles. The van der Waals surface area contributed by atoms with Gasteiger partial charge in [0.1, 0.15) is 0 Å². The Morgan fingerprint density at radius 3 is 2.64 bits per heavy atom. The average Bonchev–Trinajstić information content (AvgIpc) is 2.62. The van der Waals surface area contributed by atoms with Gasteiger partial charge in [0, 0.05) is 18.0 Å². The summed E-state index contributed by atoms with van der Waals surface area (Å²) in [5.74, 6) is 0. The van der Waals surface area contributed by atoms with Crippen molar-refractivity contribution in [3.05, 3.63) is 30.2 Å². The van der Waals surface area contributed by atoms with Crippen molar-refractivity contribution in [3.63, 3.8) is 0 Å². The molecule has 3 nitrogen and oxygen atoms in total. The highest BCUT2D eigenvalue weighted by Crippen LogP contribution is 2.06. The third-order valence-electron chi connectivity index (χ3n) is 1.73. The summed E-state index contributed by atoms with van der Waals surface area (Å²) in [5.41, 5.74) is 2.17. The molecule has 0 atom stereocenters. The summed E-state index contributed by atoms with van der Waals surface area (Å²) in [6.07, 6.45) is 7.79. The zero-order valence-corrected chi connectivity index (χ0v) is 9.07. The maximum absolute atomic E-state index is 4.21. The molecule has 0 aromatic carbocycles. The molecule has 0 aliphatic heterocycles. The fraction of sp³-hybridized carbons (Fsp3) is 0.455. The second-order valence-corrected chi connectivity index (χ2v) is 3.12. The Morgan fingerprint density at radius 2 is 2.00 bits per heavy atom. The number of hydrogen-bond acceptors (Lipinski definition) is 2. The highest BCUT2D eigenvalue weighted by atomic mass is 15.2. The van der Waals surface area contributed by atoms with E-state index in [4.69, 9.17) is 0 Å². The Kier molecular flexibility index (Phi) is 4.11. The molecule has 0 aliphatic carbocycles. The first kappa shape index (κ1) is 10.7. The van der Waals surface area contributed by atoms with Gasteiger partial charge in [-0.05, 0) is 12.5 Å². The molecule has 0 radical (unpaired) electrons. The van der Waals surface area contributed by atoms with Gasteiger partial charge in [-0.15, -0.1) is 0 Å². The van der Waals surface area contributed by atoms with Crippen LogP contribution in [-0.4, -0.2) is 14.6 Å². The van der Waals surface area contributed by atoms with Crippen molar-refractivity contribution in [2.24, 2.45) is 0 Å². The van der Waals surface area contributed by atoms with Gasteiger partial charge in [0.25, 0.3) is 0 Å². The van der Waals surface area contributed by atoms with E-state index in [2.05, 4.69) is 30.9 Å². The highest BCUT2D eigenvalue weighted by molar-refractivity contribution is 5.45. The van der Waals surface area contributed by atoms with Gasteiger partial charge in [0.05, 0.1) is 6.20 Å². The Bertz CT molecular complexity index is 379. The zero-order valence-electron chi connectivity index (χ0n) is 9.07. The van der Waals surface area contributed by atoms with Crippen LogP contribution in [-0.2, 0) is 6.42 Å². The summed E-state index contributed by atoms with van der Waals surface area (Å²) < 4.78 is 1.79. The second-order valence-electron chi connectivity index (χ2n) is 3.12. The molecule has 0 N–H and O–H groups in total. The van der Waals surface area contributed by atoms with Gasteiger partial charge >= 0.3 is 0 Å². The lowest BCUT2D eigenvalue weighted by Gasteiger charge is -1.90. The van der Waals surface area contributed by atoms with Crippen LogP contribution in [0.2, 0.25) is 0 Å². The average molecular weight is 191 g/mol. The van der Waals surface area contributed by atoms with Crippen molar-refractivity contribution >= 4 is 5.65 Å². The van der Waals surface area contributed by atoms with E-state index < -0.39 is 0 Å². The van der Waals surface area contributed by atoms with Gasteiger partial charge in [-0.25, -0.2) is 9.50 Å². The largest absolute Gasteiger partial charge is 0.237 e. The van der Waals surface area contributed by atoms with Crippen LogP contribution in [0.1, 0.15) is 32.8 Å². The van der Waals surface area contributed by atoms with E-state index in [1.54, 1.807) is 10.7 Å². The summed E-state index contributed by atoms with van der Waals surface area (Å²) in [6, 6.07) is 1.87. The Hall–Kier alpha value is -1.38. The van der Waals surface area contributed by atoms with E-state index in [0.29, 0.717) is 0 Å². The molecule has 0 fully saturated rings. The van der Waals surface area contributed by atoms with Crippen LogP contribution in [0, 0.1) is 0 Å². The molecule has 0 aliphatic rings. The molecule has 0 unspecified atom stereocenters. The molecule has 2 aromatic heterocycles. The number of aryl methyl sites for hydroxylation is 1. The van der Waals surface area contributed by atoms with Crippen molar-refractivity contribution < 1.29 is 0 Å². The maximum atomic E-state index is 4.21. The van der Waals surface area contributed by atoms with E-state index in [1.165, 1.54) is 12.0 Å². The summed E-state index contributed by atoms with van der Waals surface area (Å²) in [7, 11) is 0. The summed E-state index contributed by atoms with van der Waals surface area (Å²) >= 11 is 0.